The lowest BCUT2D eigenvalue weighted by atomic mass is 9.98. The molecule has 1 N–H and O–H groups in total. The minimum Gasteiger partial charge on any atom is -0.349 e. The van der Waals surface area contributed by atoms with Crippen LogP contribution in [-0.4, -0.2) is 9.55 Å². The molecule has 0 saturated carbocycles. The van der Waals surface area contributed by atoms with Gasteiger partial charge < -0.3 is 9.88 Å². The van der Waals surface area contributed by atoms with Gasteiger partial charge in [0.05, 0.1) is 11.7 Å². The van der Waals surface area contributed by atoms with Crippen LogP contribution in [0.15, 0.2) is 30.5 Å². The Morgan fingerprint density at radius 2 is 2.12 bits per heavy atom. The fourth-order valence-corrected chi connectivity index (χ4v) is 2.54. The smallest absolute Gasteiger partial charge is 0.203 e. The van der Waals surface area contributed by atoms with Crippen LogP contribution in [0.25, 0.3) is 0 Å². The van der Waals surface area contributed by atoms with Gasteiger partial charge in [-0.25, -0.2) is 4.98 Å². The Hall–Kier alpha value is -1.77. The predicted octanol–water partition coefficient (Wildman–Crippen LogP) is 3.06. The fraction of sp³-hybridized carbons (Fsp3) is 0.357. The number of nitrogens with zero attached hydrogens (tertiary/aromatic N) is 2. The maximum atomic E-state index is 4.51. The van der Waals surface area contributed by atoms with Gasteiger partial charge in [-0.1, -0.05) is 24.3 Å². The van der Waals surface area contributed by atoms with Crippen LogP contribution in [0.3, 0.4) is 0 Å². The van der Waals surface area contributed by atoms with Gasteiger partial charge in [0.25, 0.3) is 0 Å². The second kappa shape index (κ2) is 3.91. The Morgan fingerprint density at radius 3 is 2.94 bits per heavy atom. The zero-order valence-corrected chi connectivity index (χ0v) is 10.3. The lowest BCUT2D eigenvalue weighted by molar-refractivity contribution is 0.541. The van der Waals surface area contributed by atoms with Gasteiger partial charge in [-0.2, -0.15) is 0 Å². The number of benzene rings is 1. The monoisotopic (exact) mass is 227 g/mol. The van der Waals surface area contributed by atoms with Crippen molar-refractivity contribution in [2.75, 3.05) is 5.32 Å². The van der Waals surface area contributed by atoms with Crippen LogP contribution >= 0.6 is 0 Å². The normalized spacial score (nSPS) is 18.6. The van der Waals surface area contributed by atoms with Crippen LogP contribution < -0.4 is 5.32 Å². The van der Waals surface area contributed by atoms with Crippen LogP contribution in [0, 0.1) is 13.8 Å². The SMILES string of the molecule is Cc1cn2c(n1)NC(c1ccccc1C)CC2. The maximum absolute atomic E-state index is 4.51. The lowest BCUT2D eigenvalue weighted by Crippen LogP contribution is -2.22. The molecule has 3 heteroatoms. The number of nitrogens with one attached hydrogen (secondary N) is 1. The van der Waals surface area contributed by atoms with Gasteiger partial charge in [0, 0.05) is 12.7 Å². The van der Waals surface area contributed by atoms with Gasteiger partial charge in [-0.15, -0.1) is 0 Å². The van der Waals surface area contributed by atoms with Crippen molar-refractivity contribution in [2.45, 2.75) is 32.9 Å². The van der Waals surface area contributed by atoms with Crippen molar-refractivity contribution in [1.82, 2.24) is 9.55 Å². The summed E-state index contributed by atoms with van der Waals surface area (Å²) in [6.45, 7) is 5.25. The second-order valence-corrected chi connectivity index (χ2v) is 4.74. The maximum Gasteiger partial charge on any atom is 0.203 e. The topological polar surface area (TPSA) is 29.9 Å². The van der Waals surface area contributed by atoms with E-state index in [9.17, 15) is 0 Å². The molecule has 2 heterocycles. The highest BCUT2D eigenvalue weighted by atomic mass is 15.2. The highest BCUT2D eigenvalue weighted by Crippen LogP contribution is 2.29. The van der Waals surface area contributed by atoms with E-state index in [4.69, 9.17) is 0 Å². The molecule has 1 atom stereocenters. The molecule has 1 aromatic heterocycles. The van der Waals surface area contributed by atoms with Gasteiger partial charge in [-0.05, 0) is 31.4 Å². The fourth-order valence-electron chi connectivity index (χ4n) is 2.54. The average molecular weight is 227 g/mol. The van der Waals surface area contributed by atoms with Crippen molar-refractivity contribution < 1.29 is 0 Å². The van der Waals surface area contributed by atoms with Crippen molar-refractivity contribution in [2.24, 2.45) is 0 Å². The first kappa shape index (κ1) is 10.4. The van der Waals surface area contributed by atoms with Gasteiger partial charge in [-0.3, -0.25) is 0 Å². The highest BCUT2D eigenvalue weighted by Gasteiger charge is 2.21. The van der Waals surface area contributed by atoms with Crippen LogP contribution in [0.4, 0.5) is 5.95 Å². The summed E-state index contributed by atoms with van der Waals surface area (Å²) < 4.78 is 2.20. The summed E-state index contributed by atoms with van der Waals surface area (Å²) in [5.41, 5.74) is 3.82. The molecule has 17 heavy (non-hydrogen) atoms. The molecule has 1 aromatic carbocycles. The first-order valence-electron chi connectivity index (χ1n) is 6.10. The number of aromatic nitrogens is 2. The molecule has 1 aliphatic heterocycles. The number of imidazole rings is 1. The van der Waals surface area contributed by atoms with E-state index in [0.717, 1.165) is 24.6 Å². The van der Waals surface area contributed by atoms with Gasteiger partial charge in [0.2, 0.25) is 5.95 Å². The number of rotatable bonds is 1. The Kier molecular flexibility index (Phi) is 2.39. The summed E-state index contributed by atoms with van der Waals surface area (Å²) in [4.78, 5) is 4.51. The molecule has 0 radical (unpaired) electrons. The first-order chi connectivity index (χ1) is 8.24. The summed E-state index contributed by atoms with van der Waals surface area (Å²) >= 11 is 0. The zero-order valence-electron chi connectivity index (χ0n) is 10.3. The Morgan fingerprint density at radius 1 is 1.29 bits per heavy atom. The third-order valence-electron chi connectivity index (χ3n) is 3.42. The molecule has 1 unspecified atom stereocenters. The number of hydrogen-bond acceptors (Lipinski definition) is 2. The van der Waals surface area contributed by atoms with Crippen molar-refractivity contribution in [3.05, 3.63) is 47.3 Å². The molecular formula is C14H17N3. The molecule has 0 fully saturated rings. The lowest BCUT2D eigenvalue weighted by Gasteiger charge is -2.26. The third-order valence-corrected chi connectivity index (χ3v) is 3.42. The largest absolute Gasteiger partial charge is 0.349 e. The molecule has 0 spiro atoms. The molecular weight excluding hydrogens is 210 g/mol. The quantitative estimate of drug-likeness (QED) is 0.811. The molecule has 0 amide bonds. The minimum atomic E-state index is 0.394. The Bertz CT molecular complexity index is 542. The highest BCUT2D eigenvalue weighted by molar-refractivity contribution is 5.39. The van der Waals surface area contributed by atoms with E-state index in [2.05, 4.69) is 52.3 Å². The zero-order chi connectivity index (χ0) is 11.8. The molecule has 3 nitrogen and oxygen atoms in total. The molecule has 0 aliphatic carbocycles. The standard InChI is InChI=1S/C14H17N3/c1-10-5-3-4-6-12(10)13-7-8-17-9-11(2)15-14(17)16-13/h3-6,9,13H,7-8H2,1-2H3,(H,15,16). The number of fused-ring (bicyclic) bond motifs is 1. The number of aryl methyl sites for hydroxylation is 3. The van der Waals surface area contributed by atoms with Crippen molar-refractivity contribution in [3.8, 4) is 0 Å². The molecule has 2 aromatic rings. The van der Waals surface area contributed by atoms with Crippen LogP contribution in [0.1, 0.15) is 29.3 Å². The van der Waals surface area contributed by atoms with Gasteiger partial charge in [0.1, 0.15) is 0 Å². The molecule has 0 saturated heterocycles. The van der Waals surface area contributed by atoms with Crippen molar-refractivity contribution in [1.29, 1.82) is 0 Å². The van der Waals surface area contributed by atoms with E-state index in [-0.39, 0.29) is 0 Å². The third kappa shape index (κ3) is 1.82. The molecule has 3 rings (SSSR count). The van der Waals surface area contributed by atoms with Crippen LogP contribution in [0.5, 0.6) is 0 Å². The molecule has 88 valence electrons. The summed E-state index contributed by atoms with van der Waals surface area (Å²) in [6, 6.07) is 8.97. The minimum absolute atomic E-state index is 0.394. The van der Waals surface area contributed by atoms with Crippen LogP contribution in [0.2, 0.25) is 0 Å². The summed E-state index contributed by atoms with van der Waals surface area (Å²) in [7, 11) is 0. The molecule has 0 bridgehead atoms. The number of anilines is 1. The Balaban J connectivity index is 1.91. The van der Waals surface area contributed by atoms with E-state index >= 15 is 0 Å². The van der Waals surface area contributed by atoms with Crippen molar-refractivity contribution >= 4 is 5.95 Å². The second-order valence-electron chi connectivity index (χ2n) is 4.74. The van der Waals surface area contributed by atoms with Crippen LogP contribution in [-0.2, 0) is 6.54 Å². The average Bonchev–Trinajstić information content (AvgIpc) is 2.68. The van der Waals surface area contributed by atoms with Crippen molar-refractivity contribution in [3.63, 3.8) is 0 Å². The van der Waals surface area contributed by atoms with E-state index in [0.29, 0.717) is 6.04 Å². The van der Waals surface area contributed by atoms with E-state index in [1.54, 1.807) is 0 Å². The first-order valence-corrected chi connectivity index (χ1v) is 6.10. The summed E-state index contributed by atoms with van der Waals surface area (Å²) in [5, 5.41) is 3.53. The van der Waals surface area contributed by atoms with E-state index in [1.165, 1.54) is 11.1 Å². The summed E-state index contributed by atoms with van der Waals surface area (Å²) in [6.07, 6.45) is 3.23. The van der Waals surface area contributed by atoms with Gasteiger partial charge in [0.15, 0.2) is 0 Å². The van der Waals surface area contributed by atoms with E-state index in [1.807, 2.05) is 6.92 Å². The predicted molar refractivity (Wildman–Crippen MR) is 69.1 cm³/mol. The van der Waals surface area contributed by atoms with E-state index < -0.39 is 0 Å². The molecule has 1 aliphatic rings. The van der Waals surface area contributed by atoms with Gasteiger partial charge >= 0.3 is 0 Å². The summed E-state index contributed by atoms with van der Waals surface area (Å²) in [5.74, 6) is 1.00. The number of hydrogen-bond donors (Lipinski definition) is 1. The Labute approximate surface area is 101 Å².